The average molecular weight is 455 g/mol. The number of carbonyl (C=O) groups is 1. The summed E-state index contributed by atoms with van der Waals surface area (Å²) in [6.45, 7) is 5.50. The van der Waals surface area contributed by atoms with E-state index < -0.39 is 17.3 Å². The Morgan fingerprint density at radius 3 is 2.73 bits per heavy atom. The van der Waals surface area contributed by atoms with Gasteiger partial charge in [0.25, 0.3) is 0 Å². The van der Waals surface area contributed by atoms with Crippen LogP contribution < -0.4 is 20.1 Å². The van der Waals surface area contributed by atoms with Crippen molar-refractivity contribution in [1.82, 2.24) is 15.0 Å². The molecule has 1 aromatic carbocycles. The third-order valence-electron chi connectivity index (χ3n) is 5.15. The van der Waals surface area contributed by atoms with Crippen molar-refractivity contribution in [2.45, 2.75) is 31.8 Å². The number of nitrogens with zero attached hydrogens (tertiary/aromatic N) is 3. The van der Waals surface area contributed by atoms with E-state index in [1.807, 2.05) is 6.07 Å². The molecular weight excluding hydrogens is 429 g/mol. The normalized spacial score (nSPS) is 12.6. The number of carboxylic acid groups (broad SMARTS) is 1. The van der Waals surface area contributed by atoms with Crippen LogP contribution in [0.25, 0.3) is 11.0 Å². The molecule has 0 saturated heterocycles. The van der Waals surface area contributed by atoms with Crippen molar-refractivity contribution in [2.24, 2.45) is 0 Å². The summed E-state index contributed by atoms with van der Waals surface area (Å²) in [6.07, 6.45) is 3.42. The second kappa shape index (κ2) is 10.1. The molecule has 0 saturated carbocycles. The Hall–Kier alpha value is -3.95. The van der Waals surface area contributed by atoms with Gasteiger partial charge in [-0.1, -0.05) is 6.08 Å². The minimum absolute atomic E-state index is 0.173. The molecule has 174 valence electrons. The van der Waals surface area contributed by atoms with Gasteiger partial charge < -0.3 is 25.2 Å². The number of methoxy groups -OCH3 is 2. The van der Waals surface area contributed by atoms with Crippen molar-refractivity contribution < 1.29 is 23.8 Å². The first kappa shape index (κ1) is 23.7. The Bertz CT molecular complexity index is 1170. The summed E-state index contributed by atoms with van der Waals surface area (Å²) in [5, 5.41) is 15.8. The van der Waals surface area contributed by atoms with Crippen LogP contribution in [0.5, 0.6) is 11.5 Å². The Morgan fingerprint density at radius 2 is 2.06 bits per heavy atom. The van der Waals surface area contributed by atoms with Gasteiger partial charge in [0.15, 0.2) is 5.82 Å². The van der Waals surface area contributed by atoms with E-state index in [4.69, 9.17) is 9.47 Å². The monoisotopic (exact) mass is 455 g/mol. The van der Waals surface area contributed by atoms with Gasteiger partial charge in [0, 0.05) is 24.2 Å². The maximum absolute atomic E-state index is 13.9. The standard InChI is InChI=1S/C23H26FN5O4/c1-5-6-9-23(2,21(30)31)29-20-19-17(10-15(24)13-25-19)27-22(28-20)26-12-14-7-8-16(32-3)11-18(14)33-4/h5,7-8,10-11,13H,1,6,9,12H2,2-4H3,(H,30,31)(H2,26,27,28,29)/t23-/m1/s1. The number of aromatic nitrogens is 3. The quantitative estimate of drug-likeness (QED) is 0.368. The van der Waals surface area contributed by atoms with E-state index in [1.54, 1.807) is 39.4 Å². The van der Waals surface area contributed by atoms with E-state index in [1.165, 1.54) is 6.07 Å². The fourth-order valence-corrected chi connectivity index (χ4v) is 3.21. The predicted molar refractivity (Wildman–Crippen MR) is 123 cm³/mol. The molecule has 2 heterocycles. The number of hydrogen-bond donors (Lipinski definition) is 3. The SMILES string of the molecule is C=CCC[C@@](C)(Nc1nc(NCc2ccc(OC)cc2OC)nc2cc(F)cnc12)C(=O)O. The molecule has 0 unspecified atom stereocenters. The number of ether oxygens (including phenoxy) is 2. The zero-order chi connectivity index (χ0) is 24.0. The Balaban J connectivity index is 1.97. The van der Waals surface area contributed by atoms with Crippen LogP contribution >= 0.6 is 0 Å². The third-order valence-corrected chi connectivity index (χ3v) is 5.15. The number of pyridine rings is 1. The predicted octanol–water partition coefficient (Wildman–Crippen LogP) is 4.01. The van der Waals surface area contributed by atoms with Crippen molar-refractivity contribution in [3.63, 3.8) is 0 Å². The number of nitrogens with one attached hydrogen (secondary N) is 2. The van der Waals surface area contributed by atoms with Gasteiger partial charge in [-0.05, 0) is 31.9 Å². The van der Waals surface area contributed by atoms with E-state index in [2.05, 4.69) is 32.2 Å². The smallest absolute Gasteiger partial charge is 0.329 e. The van der Waals surface area contributed by atoms with Crippen LogP contribution in [0.3, 0.4) is 0 Å². The molecule has 0 radical (unpaired) electrons. The minimum Gasteiger partial charge on any atom is -0.497 e. The molecular formula is C23H26FN5O4. The highest BCUT2D eigenvalue weighted by molar-refractivity contribution is 5.90. The molecule has 3 rings (SSSR count). The topological polar surface area (TPSA) is 118 Å². The number of halogens is 1. The van der Waals surface area contributed by atoms with Gasteiger partial charge in [-0.25, -0.2) is 19.2 Å². The van der Waals surface area contributed by atoms with Crippen LogP contribution in [-0.2, 0) is 11.3 Å². The molecule has 2 aromatic heterocycles. The molecule has 0 aliphatic rings. The second-order valence-corrected chi connectivity index (χ2v) is 7.54. The van der Waals surface area contributed by atoms with Gasteiger partial charge in [0.05, 0.1) is 25.9 Å². The lowest BCUT2D eigenvalue weighted by molar-refractivity contribution is -0.141. The van der Waals surface area contributed by atoms with Gasteiger partial charge in [-0.3, -0.25) is 0 Å². The molecule has 0 spiro atoms. The number of fused-ring (bicyclic) bond motifs is 1. The molecule has 10 heteroatoms. The molecule has 0 bridgehead atoms. The average Bonchev–Trinajstić information content (AvgIpc) is 2.80. The molecule has 33 heavy (non-hydrogen) atoms. The summed E-state index contributed by atoms with van der Waals surface area (Å²) in [6, 6.07) is 6.60. The summed E-state index contributed by atoms with van der Waals surface area (Å²) in [5.74, 6) is -0.0159. The number of hydrogen-bond acceptors (Lipinski definition) is 8. The lowest BCUT2D eigenvalue weighted by Gasteiger charge is -2.27. The first-order valence-corrected chi connectivity index (χ1v) is 10.2. The maximum Gasteiger partial charge on any atom is 0.329 e. The number of carboxylic acids is 1. The maximum atomic E-state index is 13.9. The number of allylic oxidation sites excluding steroid dienone is 1. The van der Waals surface area contributed by atoms with Crippen LogP contribution in [0, 0.1) is 5.82 Å². The van der Waals surface area contributed by atoms with Crippen molar-refractivity contribution in [2.75, 3.05) is 24.9 Å². The minimum atomic E-state index is -1.35. The first-order chi connectivity index (χ1) is 15.8. The van der Waals surface area contributed by atoms with Crippen LogP contribution in [0.2, 0.25) is 0 Å². The second-order valence-electron chi connectivity index (χ2n) is 7.54. The van der Waals surface area contributed by atoms with Gasteiger partial charge in [0.2, 0.25) is 5.95 Å². The van der Waals surface area contributed by atoms with Crippen LogP contribution in [-0.4, -0.2) is 45.8 Å². The molecule has 3 aromatic rings. The molecule has 1 atom stereocenters. The highest BCUT2D eigenvalue weighted by Gasteiger charge is 2.33. The van der Waals surface area contributed by atoms with E-state index in [-0.39, 0.29) is 29.2 Å². The lowest BCUT2D eigenvalue weighted by atomic mass is 9.96. The zero-order valence-electron chi connectivity index (χ0n) is 18.7. The molecule has 0 fully saturated rings. The number of benzene rings is 1. The Morgan fingerprint density at radius 1 is 1.27 bits per heavy atom. The van der Waals surface area contributed by atoms with Gasteiger partial charge in [0.1, 0.15) is 28.4 Å². The summed E-state index contributed by atoms with van der Waals surface area (Å²) >= 11 is 0. The summed E-state index contributed by atoms with van der Waals surface area (Å²) in [4.78, 5) is 24.8. The highest BCUT2D eigenvalue weighted by atomic mass is 19.1. The third kappa shape index (κ3) is 5.46. The van der Waals surface area contributed by atoms with E-state index in [9.17, 15) is 14.3 Å². The molecule has 0 amide bonds. The summed E-state index contributed by atoms with van der Waals surface area (Å²) < 4.78 is 24.5. The molecule has 3 N–H and O–H groups in total. The molecule has 0 aliphatic heterocycles. The Labute approximate surface area is 190 Å². The van der Waals surface area contributed by atoms with Gasteiger partial charge in [-0.2, -0.15) is 4.98 Å². The van der Waals surface area contributed by atoms with Crippen molar-refractivity contribution in [3.05, 3.63) is 54.5 Å². The molecule has 0 aliphatic carbocycles. The molecule has 9 nitrogen and oxygen atoms in total. The van der Waals surface area contributed by atoms with E-state index in [0.717, 1.165) is 11.8 Å². The van der Waals surface area contributed by atoms with Gasteiger partial charge >= 0.3 is 5.97 Å². The van der Waals surface area contributed by atoms with Crippen molar-refractivity contribution in [1.29, 1.82) is 0 Å². The van der Waals surface area contributed by atoms with Crippen molar-refractivity contribution >= 4 is 28.8 Å². The highest BCUT2D eigenvalue weighted by Crippen LogP contribution is 2.28. The number of anilines is 2. The summed E-state index contributed by atoms with van der Waals surface area (Å²) in [7, 11) is 3.12. The van der Waals surface area contributed by atoms with Crippen LogP contribution in [0.15, 0.2) is 43.1 Å². The van der Waals surface area contributed by atoms with E-state index >= 15 is 0 Å². The van der Waals surface area contributed by atoms with E-state index in [0.29, 0.717) is 24.5 Å². The zero-order valence-corrected chi connectivity index (χ0v) is 18.7. The van der Waals surface area contributed by atoms with Crippen molar-refractivity contribution in [3.8, 4) is 11.5 Å². The fraction of sp³-hybridized carbons (Fsp3) is 0.304. The lowest BCUT2D eigenvalue weighted by Crippen LogP contribution is -2.43. The van der Waals surface area contributed by atoms with Gasteiger partial charge in [-0.15, -0.1) is 6.58 Å². The summed E-state index contributed by atoms with van der Waals surface area (Å²) in [5.41, 5.74) is -0.0411. The largest absolute Gasteiger partial charge is 0.497 e. The number of aliphatic carboxylic acids is 1. The number of rotatable bonds is 11. The fourth-order valence-electron chi connectivity index (χ4n) is 3.21. The van der Waals surface area contributed by atoms with Crippen LogP contribution in [0.4, 0.5) is 16.2 Å². The van der Waals surface area contributed by atoms with Crippen LogP contribution in [0.1, 0.15) is 25.3 Å². The first-order valence-electron chi connectivity index (χ1n) is 10.2. The Kier molecular flexibility index (Phi) is 7.27.